The van der Waals surface area contributed by atoms with Crippen molar-refractivity contribution in [2.45, 2.75) is 25.3 Å². The first-order valence-corrected chi connectivity index (χ1v) is 11.1. The number of hydrogen-bond donors (Lipinski definition) is 1. The highest BCUT2D eigenvalue weighted by Crippen LogP contribution is 2.46. The second kappa shape index (κ2) is 10.2. The van der Waals surface area contributed by atoms with Crippen LogP contribution >= 0.6 is 0 Å². The fourth-order valence-corrected chi connectivity index (χ4v) is 4.38. The molecule has 1 N–H and O–H groups in total. The van der Waals surface area contributed by atoms with Crippen molar-refractivity contribution in [3.63, 3.8) is 0 Å². The lowest BCUT2D eigenvalue weighted by Crippen LogP contribution is -2.55. The van der Waals surface area contributed by atoms with Crippen LogP contribution in [0.5, 0.6) is 5.75 Å². The average molecular weight is 442 g/mol. The predicted octanol–water partition coefficient (Wildman–Crippen LogP) is 5.52. The van der Waals surface area contributed by atoms with E-state index >= 15 is 0 Å². The van der Waals surface area contributed by atoms with Gasteiger partial charge in [-0.15, -0.1) is 0 Å². The maximum atomic E-state index is 13.2. The lowest BCUT2D eigenvalue weighted by atomic mass is 9.78. The molecule has 0 saturated carbocycles. The summed E-state index contributed by atoms with van der Waals surface area (Å²) in [7, 11) is 1.62. The molecule has 3 aromatic carbocycles. The van der Waals surface area contributed by atoms with Gasteiger partial charge in [-0.25, -0.2) is 4.79 Å². The van der Waals surface area contributed by atoms with Gasteiger partial charge in [0.1, 0.15) is 5.75 Å². The molecule has 1 amide bonds. The molecule has 2 unspecified atom stereocenters. The number of carbonyl (C=O) groups excluding carboxylic acids is 1. The predicted molar refractivity (Wildman–Crippen MR) is 129 cm³/mol. The van der Waals surface area contributed by atoms with Gasteiger partial charge in [0.25, 0.3) is 0 Å². The lowest BCUT2D eigenvalue weighted by molar-refractivity contribution is -0.132. The van der Waals surface area contributed by atoms with Crippen molar-refractivity contribution in [1.29, 1.82) is 0 Å². The van der Waals surface area contributed by atoms with Crippen LogP contribution < -0.4 is 9.64 Å². The van der Waals surface area contributed by atoms with Crippen molar-refractivity contribution in [2.75, 3.05) is 12.0 Å². The number of β-lactam (4-membered cyclic amide) rings is 1. The number of benzene rings is 3. The molecule has 1 aliphatic rings. The smallest absolute Gasteiger partial charge is 0.328 e. The highest BCUT2D eigenvalue weighted by Gasteiger charge is 2.48. The summed E-state index contributed by atoms with van der Waals surface area (Å²) in [5.74, 6) is -0.186. The summed E-state index contributed by atoms with van der Waals surface area (Å²) in [6.45, 7) is 0. The van der Waals surface area contributed by atoms with Gasteiger partial charge in [0, 0.05) is 11.8 Å². The number of ether oxygens (including phenoxy) is 1. The van der Waals surface area contributed by atoms with Crippen LogP contribution in [0.4, 0.5) is 5.69 Å². The lowest BCUT2D eigenvalue weighted by Gasteiger charge is -2.47. The molecule has 1 fully saturated rings. The summed E-state index contributed by atoms with van der Waals surface area (Å²) < 4.78 is 5.26. The highest BCUT2D eigenvalue weighted by atomic mass is 16.5. The first kappa shape index (κ1) is 22.3. The Bertz CT molecular complexity index is 1120. The number of carbonyl (C=O) groups is 2. The number of carboxylic acid groups (broad SMARTS) is 1. The van der Waals surface area contributed by atoms with Crippen LogP contribution in [0.2, 0.25) is 0 Å². The van der Waals surface area contributed by atoms with Gasteiger partial charge < -0.3 is 14.7 Å². The van der Waals surface area contributed by atoms with Crippen molar-refractivity contribution in [3.8, 4) is 5.75 Å². The minimum atomic E-state index is -0.979. The minimum Gasteiger partial charge on any atom is -0.497 e. The van der Waals surface area contributed by atoms with E-state index in [1.165, 1.54) is 5.56 Å². The van der Waals surface area contributed by atoms with Gasteiger partial charge in [0.05, 0.1) is 19.1 Å². The maximum absolute atomic E-state index is 13.2. The molecule has 1 heterocycles. The Morgan fingerprint density at radius 2 is 1.70 bits per heavy atom. The van der Waals surface area contributed by atoms with Crippen molar-refractivity contribution >= 4 is 23.6 Å². The number of nitrogens with zero attached hydrogens (tertiary/aromatic N) is 1. The number of carboxylic acids is 1. The Kier molecular flexibility index (Phi) is 6.89. The summed E-state index contributed by atoms with van der Waals surface area (Å²) in [5.41, 5.74) is 3.98. The number of hydrogen-bond acceptors (Lipinski definition) is 3. The molecule has 0 aliphatic carbocycles. The monoisotopic (exact) mass is 441 g/mol. The first-order valence-electron chi connectivity index (χ1n) is 11.1. The second-order valence-corrected chi connectivity index (χ2v) is 8.17. The molecular formula is C28H27NO4. The Labute approximate surface area is 193 Å². The molecule has 0 radical (unpaired) electrons. The Morgan fingerprint density at radius 1 is 1.00 bits per heavy atom. The van der Waals surface area contributed by atoms with E-state index in [0.29, 0.717) is 0 Å². The molecule has 1 saturated heterocycles. The summed E-state index contributed by atoms with van der Waals surface area (Å²) in [4.78, 5) is 25.9. The fourth-order valence-electron chi connectivity index (χ4n) is 4.38. The first-order chi connectivity index (χ1) is 16.1. The van der Waals surface area contributed by atoms with Crippen molar-refractivity contribution in [3.05, 3.63) is 102 Å². The Balaban J connectivity index is 1.54. The van der Waals surface area contributed by atoms with Crippen LogP contribution in [0.1, 0.15) is 35.6 Å². The molecule has 2 atom stereocenters. The van der Waals surface area contributed by atoms with Crippen molar-refractivity contribution < 1.29 is 19.4 Å². The molecule has 168 valence electrons. The number of aliphatic carboxylic acids is 1. The highest BCUT2D eigenvalue weighted by molar-refractivity contribution is 6.03. The molecule has 33 heavy (non-hydrogen) atoms. The normalized spacial score (nSPS) is 17.7. The van der Waals surface area contributed by atoms with Crippen molar-refractivity contribution in [1.82, 2.24) is 0 Å². The quantitative estimate of drug-likeness (QED) is 0.351. The number of rotatable bonds is 9. The van der Waals surface area contributed by atoms with E-state index in [-0.39, 0.29) is 17.9 Å². The summed E-state index contributed by atoms with van der Waals surface area (Å²) in [5, 5.41) is 8.85. The van der Waals surface area contributed by atoms with Crippen LogP contribution in [0, 0.1) is 5.92 Å². The third-order valence-electron chi connectivity index (χ3n) is 6.08. The summed E-state index contributed by atoms with van der Waals surface area (Å²) in [6.07, 6.45) is 5.38. The van der Waals surface area contributed by atoms with E-state index in [1.807, 2.05) is 71.6 Å². The second-order valence-electron chi connectivity index (χ2n) is 8.17. The molecule has 5 nitrogen and oxygen atoms in total. The van der Waals surface area contributed by atoms with Crippen LogP contribution in [0.15, 0.2) is 84.9 Å². The largest absolute Gasteiger partial charge is 0.497 e. The summed E-state index contributed by atoms with van der Waals surface area (Å²) >= 11 is 0. The van der Waals surface area contributed by atoms with E-state index in [9.17, 15) is 9.59 Å². The fraction of sp³-hybridized carbons (Fsp3) is 0.214. The van der Waals surface area contributed by atoms with Gasteiger partial charge >= 0.3 is 5.97 Å². The third-order valence-corrected chi connectivity index (χ3v) is 6.08. The van der Waals surface area contributed by atoms with Gasteiger partial charge in [-0.2, -0.15) is 0 Å². The summed E-state index contributed by atoms with van der Waals surface area (Å²) in [6, 6.07) is 25.6. The number of aryl methyl sites for hydroxylation is 1. The topological polar surface area (TPSA) is 66.8 Å². The molecule has 4 rings (SSSR count). The number of amides is 1. The third kappa shape index (κ3) is 5.14. The Hall–Kier alpha value is -3.86. The molecule has 0 aromatic heterocycles. The van der Waals surface area contributed by atoms with Crippen LogP contribution in [0.25, 0.3) is 6.08 Å². The van der Waals surface area contributed by atoms with Crippen molar-refractivity contribution in [2.24, 2.45) is 5.92 Å². The zero-order valence-electron chi connectivity index (χ0n) is 18.6. The van der Waals surface area contributed by atoms with Gasteiger partial charge in [0.15, 0.2) is 0 Å². The molecule has 1 aliphatic heterocycles. The number of anilines is 1. The van der Waals surface area contributed by atoms with Gasteiger partial charge in [-0.3, -0.25) is 4.79 Å². The maximum Gasteiger partial charge on any atom is 0.328 e. The SMILES string of the molecule is COc1ccc(N2C(=O)C(CCCc3ccccc3)C2c2ccc(C=CC(=O)O)cc2)cc1. The zero-order valence-corrected chi connectivity index (χ0v) is 18.6. The standard InChI is InChI=1S/C28H27NO4/c1-33-24-17-15-23(16-18-24)29-27(22-13-10-21(11-14-22)12-19-26(30)31)25(28(29)32)9-5-8-20-6-3-2-4-7-20/h2-4,6-7,10-19,25,27H,5,8-9H2,1H3,(H,30,31). The van der Waals surface area contributed by atoms with Gasteiger partial charge in [-0.1, -0.05) is 54.6 Å². The van der Waals surface area contributed by atoms with E-state index in [2.05, 4.69) is 12.1 Å². The minimum absolute atomic E-state index is 0.0563. The molecule has 3 aromatic rings. The van der Waals surface area contributed by atoms with Crippen LogP contribution in [-0.4, -0.2) is 24.1 Å². The van der Waals surface area contributed by atoms with E-state index in [4.69, 9.17) is 9.84 Å². The molecular weight excluding hydrogens is 414 g/mol. The molecule has 5 heteroatoms. The number of methoxy groups -OCH3 is 1. The van der Waals surface area contributed by atoms with Gasteiger partial charge in [0.2, 0.25) is 5.91 Å². The Morgan fingerprint density at radius 3 is 2.33 bits per heavy atom. The van der Waals surface area contributed by atoms with E-state index in [1.54, 1.807) is 13.2 Å². The van der Waals surface area contributed by atoms with E-state index in [0.717, 1.165) is 47.9 Å². The molecule has 0 spiro atoms. The van der Waals surface area contributed by atoms with E-state index < -0.39 is 5.97 Å². The zero-order chi connectivity index (χ0) is 23.2. The van der Waals surface area contributed by atoms with Gasteiger partial charge in [-0.05, 0) is 66.3 Å². The van der Waals surface area contributed by atoms with Crippen LogP contribution in [-0.2, 0) is 16.0 Å². The van der Waals surface area contributed by atoms with Crippen LogP contribution in [0.3, 0.4) is 0 Å². The molecule has 0 bridgehead atoms. The average Bonchev–Trinajstić information content (AvgIpc) is 2.85.